The molecular weight excluding hydrogens is 1320 g/mol. The molecule has 0 rings (SSSR count). The second-order valence-corrected chi connectivity index (χ2v) is 19.7. The molecule has 0 atom stereocenters. The van der Waals surface area contributed by atoms with Crippen molar-refractivity contribution in [3.05, 3.63) is 0 Å². The molecule has 0 aliphatic rings. The minimum Gasteiger partial charge on any atom is -0.299 e. The zero-order valence-corrected chi connectivity index (χ0v) is 44.8. The van der Waals surface area contributed by atoms with Gasteiger partial charge in [0.2, 0.25) is 23.1 Å². The maximum Gasteiger partial charge on any atom is 0.460 e. The Morgan fingerprint density at radius 2 is 0.299 bits per heavy atom. The molecule has 8 nitrogen and oxygen atoms in total. The molecule has 0 radical (unpaired) electrons. The fraction of sp³-hybridized carbons (Fsp3) is 0.800. The minimum atomic E-state index is -6.59. The molecule has 0 aliphatic heterocycles. The van der Waals surface area contributed by atoms with E-state index in [9.17, 15) is 161 Å². The first-order valence-corrected chi connectivity index (χ1v) is 19.8. The summed E-state index contributed by atoms with van der Waals surface area (Å²) in [5, 5.41) is 0. The van der Waals surface area contributed by atoms with Crippen molar-refractivity contribution in [3.8, 4) is 0 Å². The molecule has 0 saturated heterocycles. The van der Waals surface area contributed by atoms with Crippen LogP contribution >= 0.6 is 0 Å². The van der Waals surface area contributed by atoms with Gasteiger partial charge in [-0.15, -0.1) is 0 Å². The van der Waals surface area contributed by atoms with Crippen molar-refractivity contribution < 1.29 is 187 Å². The largest absolute Gasteiger partial charge is 0.460 e. The maximum absolute atomic E-state index is 12.9. The third-order valence-electron chi connectivity index (χ3n) is 9.03. The molecule has 0 unspecified atom stereocenters. The summed E-state index contributed by atoms with van der Waals surface area (Å²) < 4.78 is 344. The van der Waals surface area contributed by atoms with E-state index >= 15 is 0 Å². The molecule has 0 N–H and O–H groups in total. The molecule has 37 heteroatoms. The number of hydrogen-bond donors (Lipinski definition) is 0. The van der Waals surface area contributed by atoms with Gasteiger partial charge in [0.25, 0.3) is 0 Å². The van der Waals surface area contributed by atoms with Crippen molar-refractivity contribution >= 4 is 46.3 Å². The predicted molar refractivity (Wildman–Crippen MR) is 200 cm³/mol. The van der Waals surface area contributed by atoms with Gasteiger partial charge in [-0.3, -0.25) is 38.4 Å². The predicted octanol–water partition coefficient (Wildman–Crippen LogP) is 13.6. The smallest absolute Gasteiger partial charge is 0.299 e. The van der Waals surface area contributed by atoms with Gasteiger partial charge in [-0.05, 0) is 0 Å². The third-order valence-corrected chi connectivity index (χ3v) is 9.03. The number of ketones is 8. The zero-order chi connectivity index (χ0) is 63.4. The first-order chi connectivity index (χ1) is 32.2. The fourth-order valence-electron chi connectivity index (χ4n) is 3.50. The number of alkyl halides is 28. The van der Waals surface area contributed by atoms with E-state index in [1.165, 1.54) is 83.1 Å². The zero-order valence-electron chi connectivity index (χ0n) is 41.2. The van der Waals surface area contributed by atoms with Crippen LogP contribution in [0.3, 0.4) is 0 Å². The molecule has 77 heavy (non-hydrogen) atoms. The molecule has 0 fully saturated rings. The van der Waals surface area contributed by atoms with Crippen LogP contribution in [0.4, 0.5) is 123 Å². The summed E-state index contributed by atoms with van der Waals surface area (Å²) in [6.07, 6.45) is -33.1. The summed E-state index contributed by atoms with van der Waals surface area (Å²) >= 11 is 0. The van der Waals surface area contributed by atoms with E-state index in [0.29, 0.717) is 0 Å². The molecule has 0 aromatic carbocycles. The number of Topliss-reactive ketones (excluding diaryl/α,β-unsaturated/α-hetero) is 8. The first-order valence-electron chi connectivity index (χ1n) is 19.8. The molecule has 0 heterocycles. The Hall–Kier alpha value is -3.73. The Morgan fingerprint density at radius 1 is 0.208 bits per heavy atom. The van der Waals surface area contributed by atoms with Gasteiger partial charge in [-0.1, -0.05) is 83.1 Å². The molecule has 0 aromatic heterocycles. The van der Waals surface area contributed by atoms with Gasteiger partial charge in [0.15, 0.2) is 0 Å². The quantitative estimate of drug-likeness (QED) is 0.0846. The fourth-order valence-corrected chi connectivity index (χ4v) is 3.50. The van der Waals surface area contributed by atoms with Gasteiger partial charge in [0, 0.05) is 47.5 Å². The van der Waals surface area contributed by atoms with Crippen LogP contribution in [0, 0.1) is 21.7 Å². The van der Waals surface area contributed by atoms with Gasteiger partial charge in [0.05, 0.1) is 25.7 Å². The molecular formula is C40H44F28HfO8. The first kappa shape index (κ1) is 82.1. The Kier molecular flexibility index (Phi) is 27.1. The van der Waals surface area contributed by atoms with Crippen molar-refractivity contribution in [1.29, 1.82) is 0 Å². The normalized spacial score (nSPS) is 14.2. The van der Waals surface area contributed by atoms with Crippen LogP contribution in [-0.4, -0.2) is 118 Å². The maximum atomic E-state index is 12.9. The van der Waals surface area contributed by atoms with E-state index in [-0.39, 0.29) is 25.8 Å². The Morgan fingerprint density at radius 3 is 0.364 bits per heavy atom. The summed E-state index contributed by atoms with van der Waals surface area (Å²) in [5.41, 5.74) is -5.23. The van der Waals surface area contributed by atoms with Crippen LogP contribution in [0.1, 0.15) is 109 Å². The number of halogens is 28. The number of hydrogen-bond acceptors (Lipinski definition) is 8. The van der Waals surface area contributed by atoms with Crippen molar-refractivity contribution in [2.24, 2.45) is 21.7 Å². The average molecular weight is 1360 g/mol. The molecule has 0 aromatic rings. The van der Waals surface area contributed by atoms with Gasteiger partial charge < -0.3 is 0 Å². The van der Waals surface area contributed by atoms with Gasteiger partial charge in [-0.2, -0.15) is 123 Å². The number of carbonyl (C=O) groups is 8. The molecule has 452 valence electrons. The van der Waals surface area contributed by atoms with Crippen LogP contribution in [-0.2, 0) is 64.2 Å². The average Bonchev–Trinajstić information content (AvgIpc) is 3.14. The number of rotatable bonds is 16. The van der Waals surface area contributed by atoms with Crippen LogP contribution in [0.5, 0.6) is 0 Å². The summed E-state index contributed by atoms with van der Waals surface area (Å²) in [5.74, 6) is -65.6. The molecule has 0 amide bonds. The van der Waals surface area contributed by atoms with Crippen LogP contribution in [0.2, 0.25) is 0 Å². The topological polar surface area (TPSA) is 137 Å². The minimum absolute atomic E-state index is 0. The van der Waals surface area contributed by atoms with E-state index in [0.717, 1.165) is 0 Å². The van der Waals surface area contributed by atoms with E-state index in [2.05, 4.69) is 0 Å². The molecule has 0 saturated carbocycles. The molecule has 0 aliphatic carbocycles. The Balaban J connectivity index is -0.000000298. The van der Waals surface area contributed by atoms with Crippen molar-refractivity contribution in [3.63, 3.8) is 0 Å². The summed E-state index contributed by atoms with van der Waals surface area (Å²) in [6, 6.07) is 0. The van der Waals surface area contributed by atoms with Crippen LogP contribution < -0.4 is 0 Å². The standard InChI is InChI=1S/4C10H11F7O2.Hf/c4*1-7(2,3)5(18)4-6(19)8(11,12)9(13,14)10(15,16)17;/h4*4H2,1-3H3;. The monoisotopic (exact) mass is 1360 g/mol. The third kappa shape index (κ3) is 20.4. The van der Waals surface area contributed by atoms with Crippen molar-refractivity contribution in [2.45, 2.75) is 181 Å². The summed E-state index contributed by atoms with van der Waals surface area (Å²) in [6.45, 7) is 14.5. The summed E-state index contributed by atoms with van der Waals surface area (Å²) in [7, 11) is 0. The second kappa shape index (κ2) is 25.4. The van der Waals surface area contributed by atoms with Crippen molar-refractivity contribution in [1.82, 2.24) is 0 Å². The van der Waals surface area contributed by atoms with Gasteiger partial charge in [0.1, 0.15) is 23.1 Å². The van der Waals surface area contributed by atoms with Gasteiger partial charge in [-0.25, -0.2) is 0 Å². The molecule has 0 bridgehead atoms. The van der Waals surface area contributed by atoms with Crippen LogP contribution in [0.15, 0.2) is 0 Å². The van der Waals surface area contributed by atoms with Crippen LogP contribution in [0.25, 0.3) is 0 Å². The molecule has 0 spiro atoms. The SMILES string of the molecule is CC(C)(C)C(=O)CC(=O)C(F)(F)C(F)(F)C(F)(F)F.CC(C)(C)C(=O)CC(=O)C(F)(F)C(F)(F)C(F)(F)F.CC(C)(C)C(=O)CC(=O)C(F)(F)C(F)(F)C(F)(F)F.CC(C)(C)C(=O)CC(=O)C(F)(F)C(F)(F)C(F)(F)F.[Hf]. The Bertz CT molecular complexity index is 1810. The van der Waals surface area contributed by atoms with Crippen molar-refractivity contribution in [2.75, 3.05) is 0 Å². The number of carbonyl (C=O) groups excluding carboxylic acids is 8. The van der Waals surface area contributed by atoms with Gasteiger partial charge >= 0.3 is 72.1 Å². The second-order valence-electron chi connectivity index (χ2n) is 19.7. The van der Waals surface area contributed by atoms with E-state index in [1.54, 1.807) is 0 Å². The van der Waals surface area contributed by atoms with E-state index in [1.807, 2.05) is 0 Å². The van der Waals surface area contributed by atoms with E-state index in [4.69, 9.17) is 0 Å². The van der Waals surface area contributed by atoms with E-state index < -0.39 is 166 Å². The Labute approximate surface area is 435 Å². The summed E-state index contributed by atoms with van der Waals surface area (Å²) in [4.78, 5) is 88.3.